The van der Waals surface area contributed by atoms with E-state index in [0.717, 1.165) is 44.2 Å². The van der Waals surface area contributed by atoms with Gasteiger partial charge in [0.2, 0.25) is 0 Å². The third-order valence-corrected chi connectivity index (χ3v) is 5.19. The molecule has 3 nitrogen and oxygen atoms in total. The summed E-state index contributed by atoms with van der Waals surface area (Å²) in [5, 5.41) is 3.82. The minimum absolute atomic E-state index is 0.823. The molecule has 0 aromatic rings. The molecule has 2 unspecified atom stereocenters. The van der Waals surface area contributed by atoms with Crippen LogP contribution in [0.15, 0.2) is 0 Å². The van der Waals surface area contributed by atoms with E-state index in [1.54, 1.807) is 0 Å². The van der Waals surface area contributed by atoms with Gasteiger partial charge in [-0.2, -0.15) is 0 Å². The number of hydrogen-bond acceptors (Lipinski definition) is 3. The Morgan fingerprint density at radius 1 is 1.00 bits per heavy atom. The summed E-state index contributed by atoms with van der Waals surface area (Å²) < 4.78 is 5.38. The Balaban J connectivity index is 1.26. The van der Waals surface area contributed by atoms with Gasteiger partial charge in [-0.05, 0) is 57.0 Å². The number of nitrogens with zero attached hydrogens (tertiary/aromatic N) is 1. The third kappa shape index (κ3) is 4.44. The van der Waals surface area contributed by atoms with E-state index in [1.807, 2.05) is 0 Å². The molecule has 2 atom stereocenters. The van der Waals surface area contributed by atoms with Gasteiger partial charge in [0.15, 0.2) is 0 Å². The molecule has 0 radical (unpaired) electrons. The van der Waals surface area contributed by atoms with E-state index in [4.69, 9.17) is 4.74 Å². The Labute approximate surface area is 118 Å². The first-order valence-electron chi connectivity index (χ1n) is 8.45. The summed E-state index contributed by atoms with van der Waals surface area (Å²) in [6, 6.07) is 0.823. The topological polar surface area (TPSA) is 24.5 Å². The number of nitrogens with one attached hydrogen (secondary N) is 1. The zero-order valence-corrected chi connectivity index (χ0v) is 12.3. The first kappa shape index (κ1) is 13.8. The zero-order valence-electron chi connectivity index (χ0n) is 12.3. The molecule has 0 aromatic heterocycles. The molecular weight excluding hydrogens is 236 g/mol. The first-order chi connectivity index (χ1) is 9.42. The fourth-order valence-electron chi connectivity index (χ4n) is 3.84. The molecular formula is C16H30N2O. The second kappa shape index (κ2) is 7.05. The van der Waals surface area contributed by atoms with Gasteiger partial charge in [-0.25, -0.2) is 0 Å². The molecule has 110 valence electrons. The van der Waals surface area contributed by atoms with Crippen molar-refractivity contribution in [2.45, 2.75) is 51.0 Å². The van der Waals surface area contributed by atoms with Crippen molar-refractivity contribution in [2.75, 3.05) is 39.4 Å². The SMILES string of the molecule is C1CC(NCCCN2CCOCC2)CC(C2CC2)C1. The van der Waals surface area contributed by atoms with Crippen LogP contribution < -0.4 is 5.32 Å². The lowest BCUT2D eigenvalue weighted by Gasteiger charge is -2.30. The van der Waals surface area contributed by atoms with Crippen molar-refractivity contribution >= 4 is 0 Å². The third-order valence-electron chi connectivity index (χ3n) is 5.19. The lowest BCUT2D eigenvalue weighted by Crippen LogP contribution is -2.39. The molecule has 3 fully saturated rings. The van der Waals surface area contributed by atoms with Gasteiger partial charge in [0.25, 0.3) is 0 Å². The summed E-state index contributed by atoms with van der Waals surface area (Å²) >= 11 is 0. The van der Waals surface area contributed by atoms with Crippen LogP contribution >= 0.6 is 0 Å². The molecule has 1 heterocycles. The van der Waals surface area contributed by atoms with Crippen LogP contribution in [0.1, 0.15) is 44.9 Å². The molecule has 1 saturated heterocycles. The molecule has 0 bridgehead atoms. The van der Waals surface area contributed by atoms with E-state index in [0.29, 0.717) is 0 Å². The summed E-state index contributed by atoms with van der Waals surface area (Å²) in [5.74, 6) is 2.17. The largest absolute Gasteiger partial charge is 0.379 e. The standard InChI is InChI=1S/C16H30N2O/c1-3-15(14-5-6-14)13-16(4-1)17-7-2-8-18-9-11-19-12-10-18/h14-17H,1-13H2. The Morgan fingerprint density at radius 2 is 1.84 bits per heavy atom. The van der Waals surface area contributed by atoms with Crippen LogP contribution in [0.25, 0.3) is 0 Å². The fraction of sp³-hybridized carbons (Fsp3) is 1.00. The highest BCUT2D eigenvalue weighted by atomic mass is 16.5. The number of morpholine rings is 1. The van der Waals surface area contributed by atoms with E-state index >= 15 is 0 Å². The van der Waals surface area contributed by atoms with Gasteiger partial charge in [0.1, 0.15) is 0 Å². The molecule has 2 saturated carbocycles. The highest BCUT2D eigenvalue weighted by Crippen LogP contribution is 2.43. The quantitative estimate of drug-likeness (QED) is 0.746. The van der Waals surface area contributed by atoms with E-state index in [1.165, 1.54) is 58.0 Å². The second-order valence-electron chi connectivity index (χ2n) is 6.72. The van der Waals surface area contributed by atoms with Crippen LogP contribution in [-0.2, 0) is 4.74 Å². The Bertz CT molecular complexity index is 261. The highest BCUT2D eigenvalue weighted by molar-refractivity contribution is 4.87. The van der Waals surface area contributed by atoms with Gasteiger partial charge in [-0.15, -0.1) is 0 Å². The summed E-state index contributed by atoms with van der Waals surface area (Å²) in [6.45, 7) is 6.58. The Morgan fingerprint density at radius 3 is 2.63 bits per heavy atom. The normalized spacial score (nSPS) is 33.5. The van der Waals surface area contributed by atoms with Crippen molar-refractivity contribution in [1.82, 2.24) is 10.2 Å². The average Bonchev–Trinajstić information content (AvgIpc) is 3.30. The lowest BCUT2D eigenvalue weighted by molar-refractivity contribution is 0.0373. The van der Waals surface area contributed by atoms with Crippen LogP contribution in [0.5, 0.6) is 0 Å². The van der Waals surface area contributed by atoms with Crippen LogP contribution in [-0.4, -0.2) is 50.3 Å². The van der Waals surface area contributed by atoms with Crippen LogP contribution in [0, 0.1) is 11.8 Å². The Hall–Kier alpha value is -0.120. The maximum atomic E-state index is 5.38. The summed E-state index contributed by atoms with van der Waals surface area (Å²) in [4.78, 5) is 2.54. The zero-order chi connectivity index (χ0) is 12.9. The van der Waals surface area contributed by atoms with Gasteiger partial charge >= 0.3 is 0 Å². The van der Waals surface area contributed by atoms with Gasteiger partial charge in [0, 0.05) is 19.1 Å². The summed E-state index contributed by atoms with van der Waals surface area (Å²) in [6.07, 6.45) is 10.2. The molecule has 1 N–H and O–H groups in total. The monoisotopic (exact) mass is 266 g/mol. The van der Waals surface area contributed by atoms with Crippen molar-refractivity contribution in [3.05, 3.63) is 0 Å². The van der Waals surface area contributed by atoms with E-state index < -0.39 is 0 Å². The fourth-order valence-corrected chi connectivity index (χ4v) is 3.84. The minimum Gasteiger partial charge on any atom is -0.379 e. The summed E-state index contributed by atoms with van der Waals surface area (Å²) in [5.41, 5.74) is 0. The number of ether oxygens (including phenoxy) is 1. The van der Waals surface area contributed by atoms with E-state index in [-0.39, 0.29) is 0 Å². The predicted octanol–water partition coefficient (Wildman–Crippen LogP) is 2.27. The molecule has 3 heteroatoms. The van der Waals surface area contributed by atoms with Crippen LogP contribution in [0.2, 0.25) is 0 Å². The van der Waals surface area contributed by atoms with Crippen molar-refractivity contribution in [2.24, 2.45) is 11.8 Å². The molecule has 0 aromatic carbocycles. The Kier molecular flexibility index (Phi) is 5.14. The second-order valence-corrected chi connectivity index (χ2v) is 6.72. The maximum Gasteiger partial charge on any atom is 0.0594 e. The molecule has 1 aliphatic heterocycles. The predicted molar refractivity (Wildman–Crippen MR) is 78.3 cm³/mol. The van der Waals surface area contributed by atoms with Gasteiger partial charge in [-0.3, -0.25) is 4.90 Å². The van der Waals surface area contributed by atoms with Crippen molar-refractivity contribution < 1.29 is 4.74 Å². The van der Waals surface area contributed by atoms with Crippen molar-refractivity contribution in [3.63, 3.8) is 0 Å². The van der Waals surface area contributed by atoms with Crippen LogP contribution in [0.4, 0.5) is 0 Å². The molecule has 0 amide bonds. The van der Waals surface area contributed by atoms with E-state index in [2.05, 4.69) is 10.2 Å². The van der Waals surface area contributed by atoms with Gasteiger partial charge in [0.05, 0.1) is 13.2 Å². The first-order valence-corrected chi connectivity index (χ1v) is 8.45. The van der Waals surface area contributed by atoms with Crippen LogP contribution in [0.3, 0.4) is 0 Å². The highest BCUT2D eigenvalue weighted by Gasteiger charge is 2.34. The maximum absolute atomic E-state index is 5.38. The number of rotatable bonds is 6. The average molecular weight is 266 g/mol. The van der Waals surface area contributed by atoms with E-state index in [9.17, 15) is 0 Å². The van der Waals surface area contributed by atoms with Gasteiger partial charge in [-0.1, -0.05) is 12.8 Å². The van der Waals surface area contributed by atoms with Crippen molar-refractivity contribution in [1.29, 1.82) is 0 Å². The molecule has 19 heavy (non-hydrogen) atoms. The smallest absolute Gasteiger partial charge is 0.0594 e. The lowest BCUT2D eigenvalue weighted by atomic mass is 9.83. The molecule has 0 spiro atoms. The summed E-state index contributed by atoms with van der Waals surface area (Å²) in [7, 11) is 0. The molecule has 3 rings (SSSR count). The number of hydrogen-bond donors (Lipinski definition) is 1. The molecule has 2 aliphatic carbocycles. The minimum atomic E-state index is 0.823. The van der Waals surface area contributed by atoms with Gasteiger partial charge < -0.3 is 10.1 Å². The van der Waals surface area contributed by atoms with Crippen molar-refractivity contribution in [3.8, 4) is 0 Å². The molecule has 3 aliphatic rings.